The van der Waals surface area contributed by atoms with E-state index in [0.717, 1.165) is 18.9 Å². The molecule has 2 amide bonds. The number of benzene rings is 1. The molecular formula is C22H26F3N5O2. The van der Waals surface area contributed by atoms with Crippen LogP contribution in [0.5, 0.6) is 0 Å². The van der Waals surface area contributed by atoms with E-state index in [1.807, 2.05) is 11.9 Å². The Morgan fingerprint density at radius 3 is 2.44 bits per heavy atom. The van der Waals surface area contributed by atoms with Crippen LogP contribution in [0.2, 0.25) is 0 Å². The van der Waals surface area contributed by atoms with Gasteiger partial charge in [0.15, 0.2) is 5.69 Å². The Morgan fingerprint density at radius 2 is 1.81 bits per heavy atom. The van der Waals surface area contributed by atoms with E-state index in [2.05, 4.69) is 10.4 Å². The summed E-state index contributed by atoms with van der Waals surface area (Å²) >= 11 is 0. The molecule has 7 nitrogen and oxygen atoms in total. The lowest BCUT2D eigenvalue weighted by Crippen LogP contribution is -2.36. The smallest absolute Gasteiger partial charge is 0.354 e. The molecule has 2 heterocycles. The second kappa shape index (κ2) is 8.57. The van der Waals surface area contributed by atoms with Crippen LogP contribution in [0.25, 0.3) is 0 Å². The summed E-state index contributed by atoms with van der Waals surface area (Å²) in [6.07, 6.45) is -1.21. The number of hydrogen-bond acceptors (Lipinski definition) is 4. The van der Waals surface area contributed by atoms with Crippen LogP contribution in [0.4, 0.5) is 18.0 Å². The van der Waals surface area contributed by atoms with Crippen LogP contribution in [0.3, 0.4) is 0 Å². The first-order valence-electron chi connectivity index (χ1n) is 10.6. The number of hydrogen-bond donors (Lipinski definition) is 1. The summed E-state index contributed by atoms with van der Waals surface area (Å²) in [6, 6.07) is 7.11. The minimum absolute atomic E-state index is 0.174. The van der Waals surface area contributed by atoms with Crippen molar-refractivity contribution in [2.45, 2.75) is 31.6 Å². The Bertz CT molecular complexity index is 991. The minimum Gasteiger partial charge on any atom is -0.354 e. The fourth-order valence-electron chi connectivity index (χ4n) is 4.94. The van der Waals surface area contributed by atoms with Crippen LogP contribution < -0.4 is 5.32 Å². The predicted octanol–water partition coefficient (Wildman–Crippen LogP) is 3.07. The molecule has 2 fully saturated rings. The van der Waals surface area contributed by atoms with Gasteiger partial charge in [-0.05, 0) is 49.4 Å². The van der Waals surface area contributed by atoms with Crippen LogP contribution in [-0.4, -0.2) is 64.7 Å². The molecule has 2 aromatic rings. The number of carbonyl (C=O) groups excluding carboxylic acids is 2. The minimum atomic E-state index is -4.37. The largest absolute Gasteiger partial charge is 0.416 e. The van der Waals surface area contributed by atoms with E-state index in [-0.39, 0.29) is 35.8 Å². The van der Waals surface area contributed by atoms with Gasteiger partial charge in [0.05, 0.1) is 5.56 Å². The molecule has 10 heteroatoms. The number of fused-ring (bicyclic) bond motifs is 1. The summed E-state index contributed by atoms with van der Waals surface area (Å²) in [5, 5.41) is 6.52. The van der Waals surface area contributed by atoms with Gasteiger partial charge in [0.25, 0.3) is 5.91 Å². The summed E-state index contributed by atoms with van der Waals surface area (Å²) in [5.41, 5.74) is -0.125. The number of nitrogens with one attached hydrogen (secondary N) is 1. The molecule has 32 heavy (non-hydrogen) atoms. The van der Waals surface area contributed by atoms with Gasteiger partial charge in [-0.1, -0.05) is 18.2 Å². The fraction of sp³-hybridized carbons (Fsp3) is 0.500. The van der Waals surface area contributed by atoms with Crippen LogP contribution in [-0.2, 0) is 12.7 Å². The summed E-state index contributed by atoms with van der Waals surface area (Å²) in [4.78, 5) is 28.2. The van der Waals surface area contributed by atoms with Gasteiger partial charge in [-0.25, -0.2) is 4.79 Å². The number of aromatic nitrogens is 2. The van der Waals surface area contributed by atoms with E-state index in [9.17, 15) is 22.8 Å². The molecule has 0 radical (unpaired) electrons. The molecule has 0 bridgehead atoms. The van der Waals surface area contributed by atoms with E-state index in [0.29, 0.717) is 24.9 Å². The Kier molecular flexibility index (Phi) is 5.98. The first kappa shape index (κ1) is 22.3. The number of likely N-dealkylation sites (tertiary alicyclic amines) is 1. The average molecular weight is 449 g/mol. The monoisotopic (exact) mass is 449 g/mol. The number of nitrogens with zero attached hydrogens (tertiary/aromatic N) is 4. The normalized spacial score (nSPS) is 22.9. The first-order chi connectivity index (χ1) is 15.2. The van der Waals surface area contributed by atoms with Crippen molar-refractivity contribution in [2.24, 2.45) is 11.8 Å². The molecule has 172 valence electrons. The number of alkyl halides is 3. The lowest BCUT2D eigenvalue weighted by Gasteiger charge is -2.27. The van der Waals surface area contributed by atoms with Crippen molar-refractivity contribution in [3.63, 3.8) is 0 Å². The molecule has 3 atom stereocenters. The first-order valence-corrected chi connectivity index (χ1v) is 10.6. The molecule has 1 saturated carbocycles. The van der Waals surface area contributed by atoms with Crippen molar-refractivity contribution in [1.82, 2.24) is 24.9 Å². The maximum atomic E-state index is 13.3. The van der Waals surface area contributed by atoms with E-state index in [1.165, 1.54) is 36.1 Å². The third kappa shape index (κ3) is 4.36. The van der Waals surface area contributed by atoms with Gasteiger partial charge in [0.2, 0.25) is 0 Å². The summed E-state index contributed by atoms with van der Waals surface area (Å²) in [7, 11) is 3.37. The van der Waals surface area contributed by atoms with E-state index in [4.69, 9.17) is 0 Å². The van der Waals surface area contributed by atoms with Gasteiger partial charge < -0.3 is 10.2 Å². The molecule has 2 aliphatic rings. The molecule has 1 aliphatic carbocycles. The molecule has 0 spiro atoms. The van der Waals surface area contributed by atoms with Crippen molar-refractivity contribution >= 4 is 11.9 Å². The second-order valence-corrected chi connectivity index (χ2v) is 8.63. The van der Waals surface area contributed by atoms with E-state index >= 15 is 0 Å². The number of amides is 2. The SMILES string of the molecule is CNC(=O)c1ccn(C(=O)N2C[C@H]3C[C@@H](N(C)Cc4ccccc4C(F)(F)F)C[C@H]3C2)n1. The Balaban J connectivity index is 1.35. The Hall–Kier alpha value is -2.88. The standard InChI is InChI=1S/C22H26F3N5O2/c1-26-20(31)19-7-8-30(27-19)21(32)29-12-15-9-17(10-16(15)13-29)28(2)11-14-5-3-4-6-18(14)22(23,24)25/h3-8,15-17H,9-13H2,1-2H3,(H,26,31)/t15-,16+,17-. The lowest BCUT2D eigenvalue weighted by atomic mass is 10.0. The zero-order valence-corrected chi connectivity index (χ0v) is 18.0. The summed E-state index contributed by atoms with van der Waals surface area (Å²) in [5.74, 6) is 0.254. The zero-order chi connectivity index (χ0) is 23.0. The molecule has 1 aromatic heterocycles. The third-order valence-electron chi connectivity index (χ3n) is 6.61. The molecule has 1 aliphatic heterocycles. The summed E-state index contributed by atoms with van der Waals surface area (Å²) in [6.45, 7) is 1.41. The lowest BCUT2D eigenvalue weighted by molar-refractivity contribution is -0.138. The van der Waals surface area contributed by atoms with Crippen LogP contribution in [0.15, 0.2) is 36.5 Å². The highest BCUT2D eigenvalue weighted by molar-refractivity contribution is 5.92. The zero-order valence-electron chi connectivity index (χ0n) is 18.0. The maximum Gasteiger partial charge on any atom is 0.416 e. The van der Waals surface area contributed by atoms with Crippen LogP contribution >= 0.6 is 0 Å². The summed E-state index contributed by atoms with van der Waals surface area (Å²) < 4.78 is 41.1. The highest BCUT2D eigenvalue weighted by Crippen LogP contribution is 2.41. The van der Waals surface area contributed by atoms with Gasteiger partial charge >= 0.3 is 12.2 Å². The molecule has 1 saturated heterocycles. The average Bonchev–Trinajstić information content (AvgIpc) is 3.47. The second-order valence-electron chi connectivity index (χ2n) is 8.63. The van der Waals surface area contributed by atoms with Gasteiger partial charge in [-0.2, -0.15) is 23.0 Å². The highest BCUT2D eigenvalue weighted by Gasteiger charge is 2.44. The van der Waals surface area contributed by atoms with Crippen LogP contribution in [0.1, 0.15) is 34.5 Å². The van der Waals surface area contributed by atoms with Crippen molar-refractivity contribution in [1.29, 1.82) is 0 Å². The predicted molar refractivity (Wildman–Crippen MR) is 111 cm³/mol. The molecule has 0 unspecified atom stereocenters. The number of halogens is 3. The van der Waals surface area contributed by atoms with Gasteiger partial charge in [0.1, 0.15) is 0 Å². The molecule has 1 aromatic carbocycles. The van der Waals surface area contributed by atoms with Crippen molar-refractivity contribution < 1.29 is 22.8 Å². The van der Waals surface area contributed by atoms with Crippen molar-refractivity contribution in [2.75, 3.05) is 27.2 Å². The van der Waals surface area contributed by atoms with Gasteiger partial charge in [-0.15, -0.1) is 0 Å². The van der Waals surface area contributed by atoms with Gasteiger partial charge in [0, 0.05) is 38.9 Å². The van der Waals surface area contributed by atoms with E-state index in [1.54, 1.807) is 11.0 Å². The quantitative estimate of drug-likeness (QED) is 0.779. The van der Waals surface area contributed by atoms with Crippen molar-refractivity contribution in [3.8, 4) is 0 Å². The Morgan fingerprint density at radius 1 is 1.16 bits per heavy atom. The topological polar surface area (TPSA) is 70.5 Å². The number of carbonyl (C=O) groups is 2. The fourth-order valence-corrected chi connectivity index (χ4v) is 4.94. The molecule has 4 rings (SSSR count). The van der Waals surface area contributed by atoms with Crippen LogP contribution in [0, 0.1) is 11.8 Å². The molecular weight excluding hydrogens is 423 g/mol. The molecule has 1 N–H and O–H groups in total. The number of rotatable bonds is 4. The van der Waals surface area contributed by atoms with E-state index < -0.39 is 11.7 Å². The highest BCUT2D eigenvalue weighted by atomic mass is 19.4. The third-order valence-corrected chi connectivity index (χ3v) is 6.61. The van der Waals surface area contributed by atoms with Gasteiger partial charge in [-0.3, -0.25) is 9.69 Å². The maximum absolute atomic E-state index is 13.3. The Labute approximate surface area is 184 Å². The van der Waals surface area contributed by atoms with Crippen molar-refractivity contribution in [3.05, 3.63) is 53.3 Å².